The molecule has 0 saturated carbocycles. The third-order valence-corrected chi connectivity index (χ3v) is 4.23. The molecule has 2 aromatic rings. The molecule has 0 radical (unpaired) electrons. The molecule has 1 aromatic heterocycles. The van der Waals surface area contributed by atoms with Gasteiger partial charge in [-0.15, -0.1) is 0 Å². The molecule has 2 heterocycles. The number of nitrogens with zero attached hydrogens (tertiary/aromatic N) is 3. The fourth-order valence-corrected chi connectivity index (χ4v) is 2.85. The van der Waals surface area contributed by atoms with Crippen LogP contribution in [0.15, 0.2) is 24.3 Å². The largest absolute Gasteiger partial charge is 0.467 e. The van der Waals surface area contributed by atoms with Crippen LogP contribution in [0.4, 0.5) is 11.6 Å². The van der Waals surface area contributed by atoms with Crippen LogP contribution in [0.5, 0.6) is 5.88 Å². The summed E-state index contributed by atoms with van der Waals surface area (Å²) in [4.78, 5) is 23.2. The van der Waals surface area contributed by atoms with E-state index in [0.29, 0.717) is 11.8 Å². The summed E-state index contributed by atoms with van der Waals surface area (Å²) in [5.74, 6) is 0.917. The highest BCUT2D eigenvalue weighted by atomic mass is 16.5. The number of anilines is 2. The number of hydrogen-bond donors (Lipinski definition) is 1. The van der Waals surface area contributed by atoms with Crippen LogP contribution in [0.2, 0.25) is 0 Å². The lowest BCUT2D eigenvalue weighted by molar-refractivity contribution is -0.118. The number of carbonyl (C=O) groups is 1. The van der Waals surface area contributed by atoms with Gasteiger partial charge in [-0.2, -0.15) is 4.98 Å². The summed E-state index contributed by atoms with van der Waals surface area (Å²) in [5.41, 5.74) is 3.77. The SMILES string of the molecule is Cc1ccc(C)c(NC(=O)COc2cc(C)nc(N3CCCC3)n2)c1. The van der Waals surface area contributed by atoms with Crippen molar-refractivity contribution < 1.29 is 9.53 Å². The van der Waals surface area contributed by atoms with Gasteiger partial charge in [-0.3, -0.25) is 4.79 Å². The van der Waals surface area contributed by atoms with Crippen molar-refractivity contribution in [2.45, 2.75) is 33.6 Å². The summed E-state index contributed by atoms with van der Waals surface area (Å²) in [6.07, 6.45) is 2.32. The first-order valence-electron chi connectivity index (χ1n) is 8.62. The van der Waals surface area contributed by atoms with Gasteiger partial charge in [-0.1, -0.05) is 12.1 Å². The number of ether oxygens (including phenoxy) is 1. The summed E-state index contributed by atoms with van der Waals surface area (Å²) in [6, 6.07) is 7.71. The second kappa shape index (κ2) is 7.51. The summed E-state index contributed by atoms with van der Waals surface area (Å²) in [6.45, 7) is 7.72. The second-order valence-electron chi connectivity index (χ2n) is 6.50. The van der Waals surface area contributed by atoms with Crippen LogP contribution in [0.3, 0.4) is 0 Å². The molecule has 1 amide bonds. The van der Waals surface area contributed by atoms with Crippen LogP contribution in [-0.4, -0.2) is 35.6 Å². The van der Waals surface area contributed by atoms with E-state index in [1.807, 2.05) is 39.0 Å². The van der Waals surface area contributed by atoms with Crippen LogP contribution in [0.1, 0.15) is 29.7 Å². The van der Waals surface area contributed by atoms with Crippen LogP contribution in [-0.2, 0) is 4.79 Å². The first-order valence-corrected chi connectivity index (χ1v) is 8.62. The predicted molar refractivity (Wildman–Crippen MR) is 98.3 cm³/mol. The van der Waals surface area contributed by atoms with E-state index in [-0.39, 0.29) is 12.5 Å². The maximum absolute atomic E-state index is 12.2. The van der Waals surface area contributed by atoms with Crippen molar-refractivity contribution in [3.05, 3.63) is 41.1 Å². The van der Waals surface area contributed by atoms with Crippen molar-refractivity contribution in [3.63, 3.8) is 0 Å². The number of rotatable bonds is 5. The third kappa shape index (κ3) is 4.47. The first kappa shape index (κ1) is 17.2. The summed E-state index contributed by atoms with van der Waals surface area (Å²) in [7, 11) is 0. The van der Waals surface area contributed by atoms with Crippen molar-refractivity contribution in [2.75, 3.05) is 29.9 Å². The minimum Gasteiger partial charge on any atom is -0.467 e. The quantitative estimate of drug-likeness (QED) is 0.906. The molecule has 3 rings (SSSR count). The average molecular weight is 340 g/mol. The van der Waals surface area contributed by atoms with Crippen LogP contribution in [0.25, 0.3) is 0 Å². The molecule has 0 atom stereocenters. The Hall–Kier alpha value is -2.63. The van der Waals surface area contributed by atoms with E-state index in [1.165, 1.54) is 0 Å². The number of aryl methyl sites for hydroxylation is 3. The monoisotopic (exact) mass is 340 g/mol. The number of benzene rings is 1. The van der Waals surface area contributed by atoms with Crippen molar-refractivity contribution >= 4 is 17.5 Å². The maximum Gasteiger partial charge on any atom is 0.262 e. The Morgan fingerprint density at radius 2 is 1.92 bits per heavy atom. The summed E-state index contributed by atoms with van der Waals surface area (Å²) < 4.78 is 5.60. The first-order chi connectivity index (χ1) is 12.0. The van der Waals surface area contributed by atoms with Gasteiger partial charge in [0.05, 0.1) is 0 Å². The lowest BCUT2D eigenvalue weighted by Crippen LogP contribution is -2.23. The highest BCUT2D eigenvalue weighted by molar-refractivity contribution is 5.92. The summed E-state index contributed by atoms with van der Waals surface area (Å²) in [5, 5.41) is 2.89. The standard InChI is InChI=1S/C19H24N4O2/c1-13-6-7-14(2)16(10-13)21-17(24)12-25-18-11-15(3)20-19(22-18)23-8-4-5-9-23/h6-7,10-11H,4-5,8-9,12H2,1-3H3,(H,21,24). The molecule has 1 N–H and O–H groups in total. The highest BCUT2D eigenvalue weighted by Crippen LogP contribution is 2.20. The molecule has 0 aliphatic carbocycles. The van der Waals surface area contributed by atoms with E-state index >= 15 is 0 Å². The smallest absolute Gasteiger partial charge is 0.262 e. The molecule has 1 saturated heterocycles. The highest BCUT2D eigenvalue weighted by Gasteiger charge is 2.16. The van der Waals surface area contributed by atoms with E-state index in [0.717, 1.165) is 48.4 Å². The van der Waals surface area contributed by atoms with Crippen molar-refractivity contribution in [2.24, 2.45) is 0 Å². The summed E-state index contributed by atoms with van der Waals surface area (Å²) >= 11 is 0. The van der Waals surface area contributed by atoms with Crippen LogP contribution in [0, 0.1) is 20.8 Å². The zero-order valence-electron chi connectivity index (χ0n) is 15.0. The number of amides is 1. The Morgan fingerprint density at radius 1 is 1.16 bits per heavy atom. The van der Waals surface area contributed by atoms with E-state index in [2.05, 4.69) is 20.2 Å². The molecule has 1 aliphatic heterocycles. The molecule has 1 aromatic carbocycles. The molecular weight excluding hydrogens is 316 g/mol. The molecule has 6 nitrogen and oxygen atoms in total. The van der Waals surface area contributed by atoms with Gasteiger partial charge in [0.15, 0.2) is 6.61 Å². The number of hydrogen-bond acceptors (Lipinski definition) is 5. The Balaban J connectivity index is 1.62. The predicted octanol–water partition coefficient (Wildman–Crippen LogP) is 3.02. The minimum atomic E-state index is -0.201. The van der Waals surface area contributed by atoms with E-state index in [1.54, 1.807) is 6.07 Å². The van der Waals surface area contributed by atoms with Crippen LogP contribution < -0.4 is 15.0 Å². The molecule has 0 unspecified atom stereocenters. The van der Waals surface area contributed by atoms with Crippen molar-refractivity contribution in [1.82, 2.24) is 9.97 Å². The zero-order chi connectivity index (χ0) is 17.8. The second-order valence-corrected chi connectivity index (χ2v) is 6.50. The normalized spacial score (nSPS) is 13.8. The zero-order valence-corrected chi connectivity index (χ0v) is 15.0. The van der Waals surface area contributed by atoms with Gasteiger partial charge in [0.25, 0.3) is 5.91 Å². The van der Waals surface area contributed by atoms with Gasteiger partial charge in [0.2, 0.25) is 11.8 Å². The molecule has 0 bridgehead atoms. The Bertz CT molecular complexity index is 770. The molecule has 1 aliphatic rings. The van der Waals surface area contributed by atoms with E-state index in [4.69, 9.17) is 4.74 Å². The fourth-order valence-electron chi connectivity index (χ4n) is 2.85. The molecule has 0 spiro atoms. The number of nitrogens with one attached hydrogen (secondary N) is 1. The average Bonchev–Trinajstić information content (AvgIpc) is 3.10. The van der Waals surface area contributed by atoms with Gasteiger partial charge in [-0.25, -0.2) is 4.98 Å². The molecule has 132 valence electrons. The lowest BCUT2D eigenvalue weighted by Gasteiger charge is -2.16. The van der Waals surface area contributed by atoms with Crippen molar-refractivity contribution in [3.8, 4) is 5.88 Å². The van der Waals surface area contributed by atoms with Crippen molar-refractivity contribution in [1.29, 1.82) is 0 Å². The Kier molecular flexibility index (Phi) is 5.16. The van der Waals surface area contributed by atoms with Gasteiger partial charge in [0.1, 0.15) is 0 Å². The minimum absolute atomic E-state index is 0.0801. The molecule has 1 fully saturated rings. The number of carbonyl (C=O) groups excluding carboxylic acids is 1. The van der Waals surface area contributed by atoms with Crippen LogP contribution >= 0.6 is 0 Å². The Labute approximate surface area is 148 Å². The molecule has 6 heteroatoms. The van der Waals surface area contributed by atoms with E-state index in [9.17, 15) is 4.79 Å². The topological polar surface area (TPSA) is 67.3 Å². The van der Waals surface area contributed by atoms with Gasteiger partial charge >= 0.3 is 0 Å². The fraction of sp³-hybridized carbons (Fsp3) is 0.421. The maximum atomic E-state index is 12.2. The molecular formula is C19H24N4O2. The van der Waals surface area contributed by atoms with Gasteiger partial charge in [0, 0.05) is 30.5 Å². The Morgan fingerprint density at radius 3 is 2.68 bits per heavy atom. The third-order valence-electron chi connectivity index (χ3n) is 4.23. The van der Waals surface area contributed by atoms with Gasteiger partial charge in [-0.05, 0) is 50.8 Å². The van der Waals surface area contributed by atoms with Gasteiger partial charge < -0.3 is 15.0 Å². The molecule has 25 heavy (non-hydrogen) atoms. The number of aromatic nitrogens is 2. The van der Waals surface area contributed by atoms with E-state index < -0.39 is 0 Å². The lowest BCUT2D eigenvalue weighted by atomic mass is 10.1.